The normalized spacial score (nSPS) is 35.2. The molecule has 1 aliphatic rings. The van der Waals surface area contributed by atoms with E-state index in [-0.39, 0.29) is 12.0 Å². The molecule has 0 aromatic heterocycles. The molecule has 0 aromatic rings. The maximum atomic E-state index is 11.3. The summed E-state index contributed by atoms with van der Waals surface area (Å²) >= 11 is 0. The maximum absolute atomic E-state index is 11.3. The molecule has 1 saturated heterocycles. The number of amides is 1. The first-order chi connectivity index (χ1) is 5.52. The van der Waals surface area contributed by atoms with Gasteiger partial charge < -0.3 is 14.7 Å². The number of aliphatic hydroxyl groups excluding tert-OH is 1. The van der Waals surface area contributed by atoms with E-state index in [1.165, 1.54) is 4.90 Å². The van der Waals surface area contributed by atoms with E-state index in [9.17, 15) is 9.90 Å². The molecule has 1 heterocycles. The van der Waals surface area contributed by atoms with Gasteiger partial charge in [-0.1, -0.05) is 0 Å². The second-order valence-electron chi connectivity index (χ2n) is 3.37. The zero-order chi connectivity index (χ0) is 9.30. The van der Waals surface area contributed by atoms with Crippen LogP contribution in [-0.4, -0.2) is 48.3 Å². The quantitative estimate of drug-likeness (QED) is 0.587. The van der Waals surface area contributed by atoms with E-state index in [2.05, 4.69) is 0 Å². The Labute approximate surface area is 72.1 Å². The number of hydrogen-bond donors (Lipinski definition) is 1. The summed E-state index contributed by atoms with van der Waals surface area (Å²) in [6.45, 7) is 1.77. The first kappa shape index (κ1) is 9.48. The molecule has 0 unspecified atom stereocenters. The van der Waals surface area contributed by atoms with Crippen molar-refractivity contribution < 1.29 is 14.6 Å². The number of aliphatic hydroxyl groups is 1. The Morgan fingerprint density at radius 1 is 1.58 bits per heavy atom. The third-order valence-electron chi connectivity index (χ3n) is 2.09. The minimum absolute atomic E-state index is 0.0709. The minimum Gasteiger partial charge on any atom is -0.390 e. The van der Waals surface area contributed by atoms with E-state index in [4.69, 9.17) is 4.74 Å². The Balaban J connectivity index is 2.52. The fourth-order valence-corrected chi connectivity index (χ4v) is 1.26. The van der Waals surface area contributed by atoms with E-state index in [0.29, 0.717) is 6.42 Å². The summed E-state index contributed by atoms with van der Waals surface area (Å²) in [5.41, 5.74) is 0. The number of carbonyl (C=O) groups is 1. The van der Waals surface area contributed by atoms with Gasteiger partial charge in [0.15, 0.2) is 0 Å². The second kappa shape index (κ2) is 3.41. The van der Waals surface area contributed by atoms with E-state index in [1.54, 1.807) is 21.0 Å². The topological polar surface area (TPSA) is 49.8 Å². The zero-order valence-corrected chi connectivity index (χ0v) is 7.65. The average molecular weight is 173 g/mol. The molecule has 12 heavy (non-hydrogen) atoms. The van der Waals surface area contributed by atoms with E-state index < -0.39 is 12.2 Å². The molecular weight excluding hydrogens is 158 g/mol. The standard InChI is InChI=1S/C8H15NO3/c1-5-6(10)4-7(12-5)8(11)9(2)3/h5-7,10H,4H2,1-3H3/t5-,6+,7-/m0/s1. The van der Waals surface area contributed by atoms with Crippen molar-refractivity contribution in [2.75, 3.05) is 14.1 Å². The van der Waals surface area contributed by atoms with Gasteiger partial charge in [-0.2, -0.15) is 0 Å². The van der Waals surface area contributed by atoms with Crippen LogP contribution in [0.5, 0.6) is 0 Å². The van der Waals surface area contributed by atoms with Gasteiger partial charge in [-0.3, -0.25) is 4.79 Å². The van der Waals surface area contributed by atoms with Gasteiger partial charge in [0, 0.05) is 20.5 Å². The molecule has 1 aliphatic heterocycles. The molecule has 4 nitrogen and oxygen atoms in total. The molecule has 0 bridgehead atoms. The van der Waals surface area contributed by atoms with Crippen molar-refractivity contribution in [2.45, 2.75) is 31.7 Å². The van der Waals surface area contributed by atoms with Crippen LogP contribution in [0.15, 0.2) is 0 Å². The number of ether oxygens (including phenoxy) is 1. The molecule has 0 saturated carbocycles. The molecule has 3 atom stereocenters. The summed E-state index contributed by atoms with van der Waals surface area (Å²) in [6, 6.07) is 0. The van der Waals surface area contributed by atoms with Gasteiger partial charge in [0.05, 0.1) is 12.2 Å². The lowest BCUT2D eigenvalue weighted by molar-refractivity contribution is -0.140. The lowest BCUT2D eigenvalue weighted by Gasteiger charge is -2.15. The van der Waals surface area contributed by atoms with Crippen LogP contribution in [0.3, 0.4) is 0 Å². The van der Waals surface area contributed by atoms with Crippen LogP contribution in [0.1, 0.15) is 13.3 Å². The lowest BCUT2D eigenvalue weighted by atomic mass is 10.1. The van der Waals surface area contributed by atoms with Gasteiger partial charge >= 0.3 is 0 Å². The summed E-state index contributed by atoms with van der Waals surface area (Å²) in [5, 5.41) is 9.30. The predicted molar refractivity (Wildman–Crippen MR) is 43.7 cm³/mol. The van der Waals surface area contributed by atoms with Crippen molar-refractivity contribution in [3.8, 4) is 0 Å². The van der Waals surface area contributed by atoms with Crippen LogP contribution >= 0.6 is 0 Å². The van der Waals surface area contributed by atoms with Crippen molar-refractivity contribution in [1.29, 1.82) is 0 Å². The first-order valence-corrected chi connectivity index (χ1v) is 4.07. The van der Waals surface area contributed by atoms with Gasteiger partial charge in [-0.05, 0) is 6.92 Å². The fraction of sp³-hybridized carbons (Fsp3) is 0.875. The van der Waals surface area contributed by atoms with Crippen LogP contribution in [0.25, 0.3) is 0 Å². The minimum atomic E-state index is -0.501. The summed E-state index contributed by atoms with van der Waals surface area (Å²) in [4.78, 5) is 12.8. The average Bonchev–Trinajstić information content (AvgIpc) is 2.30. The number of hydrogen-bond acceptors (Lipinski definition) is 3. The van der Waals surface area contributed by atoms with Crippen LogP contribution < -0.4 is 0 Å². The molecule has 0 spiro atoms. The lowest BCUT2D eigenvalue weighted by Crippen LogP contribution is -2.33. The molecule has 0 aliphatic carbocycles. The van der Waals surface area contributed by atoms with Crippen LogP contribution in [0.2, 0.25) is 0 Å². The number of likely N-dealkylation sites (N-methyl/N-ethyl adjacent to an activating group) is 1. The van der Waals surface area contributed by atoms with Gasteiger partial charge in [0.1, 0.15) is 6.10 Å². The summed E-state index contributed by atoms with van der Waals surface area (Å²) in [7, 11) is 3.36. The molecule has 0 aromatic carbocycles. The van der Waals surface area contributed by atoms with Crippen LogP contribution in [0, 0.1) is 0 Å². The molecule has 1 rings (SSSR count). The van der Waals surface area contributed by atoms with Gasteiger partial charge in [-0.25, -0.2) is 0 Å². The maximum Gasteiger partial charge on any atom is 0.251 e. The van der Waals surface area contributed by atoms with Crippen molar-refractivity contribution >= 4 is 5.91 Å². The third-order valence-corrected chi connectivity index (χ3v) is 2.09. The molecule has 0 radical (unpaired) electrons. The van der Waals surface area contributed by atoms with Crippen molar-refractivity contribution in [3.63, 3.8) is 0 Å². The highest BCUT2D eigenvalue weighted by Crippen LogP contribution is 2.20. The number of rotatable bonds is 1. The smallest absolute Gasteiger partial charge is 0.251 e. The Bertz CT molecular complexity index is 171. The third kappa shape index (κ3) is 1.76. The second-order valence-corrected chi connectivity index (χ2v) is 3.37. The molecule has 70 valence electrons. The SMILES string of the molecule is C[C@@H]1O[C@H](C(=O)N(C)C)C[C@H]1O. The molecule has 1 N–H and O–H groups in total. The van der Waals surface area contributed by atoms with Gasteiger partial charge in [-0.15, -0.1) is 0 Å². The highest BCUT2D eigenvalue weighted by atomic mass is 16.5. The van der Waals surface area contributed by atoms with Gasteiger partial charge in [0.25, 0.3) is 5.91 Å². The van der Waals surface area contributed by atoms with Crippen LogP contribution in [0.4, 0.5) is 0 Å². The fourth-order valence-electron chi connectivity index (χ4n) is 1.26. The van der Waals surface area contributed by atoms with Crippen molar-refractivity contribution in [1.82, 2.24) is 4.90 Å². The van der Waals surface area contributed by atoms with Crippen LogP contribution in [-0.2, 0) is 9.53 Å². The molecule has 1 amide bonds. The van der Waals surface area contributed by atoms with Crippen molar-refractivity contribution in [3.05, 3.63) is 0 Å². The first-order valence-electron chi connectivity index (χ1n) is 4.07. The Kier molecular flexibility index (Phi) is 2.69. The molecule has 1 fully saturated rings. The zero-order valence-electron chi connectivity index (χ0n) is 7.65. The summed E-state index contributed by atoms with van der Waals surface area (Å²) < 4.78 is 5.26. The van der Waals surface area contributed by atoms with Crippen molar-refractivity contribution in [2.24, 2.45) is 0 Å². The Morgan fingerprint density at radius 3 is 2.50 bits per heavy atom. The highest BCUT2D eigenvalue weighted by molar-refractivity contribution is 5.80. The highest BCUT2D eigenvalue weighted by Gasteiger charge is 2.35. The molecule has 4 heteroatoms. The van der Waals surface area contributed by atoms with E-state index in [0.717, 1.165) is 0 Å². The van der Waals surface area contributed by atoms with E-state index >= 15 is 0 Å². The predicted octanol–water partition coefficient (Wildman–Crippen LogP) is -0.387. The Morgan fingerprint density at radius 2 is 2.17 bits per heavy atom. The largest absolute Gasteiger partial charge is 0.390 e. The summed E-state index contributed by atoms with van der Waals surface area (Å²) in [5.74, 6) is -0.0709. The monoisotopic (exact) mass is 173 g/mol. The van der Waals surface area contributed by atoms with E-state index in [1.807, 2.05) is 0 Å². The Hall–Kier alpha value is -0.610. The summed E-state index contributed by atoms with van der Waals surface area (Å²) in [6.07, 6.45) is -0.763. The van der Waals surface area contributed by atoms with Gasteiger partial charge in [0.2, 0.25) is 0 Å². The molecular formula is C8H15NO3. The number of nitrogens with zero attached hydrogens (tertiary/aromatic N) is 1. The number of carbonyl (C=O) groups excluding carboxylic acids is 1.